The number of rotatable bonds is 3. The van der Waals surface area contributed by atoms with Gasteiger partial charge in [0.1, 0.15) is 5.70 Å². The second-order valence-corrected chi connectivity index (χ2v) is 5.07. The molecule has 0 aromatic rings. The second kappa shape index (κ2) is 5.76. The predicted octanol–water partition coefficient (Wildman–Crippen LogP) is 3.68. The van der Waals surface area contributed by atoms with Gasteiger partial charge in [-0.15, -0.1) is 0 Å². The summed E-state index contributed by atoms with van der Waals surface area (Å²) in [4.78, 5) is 4.05. The Hall–Kier alpha value is -1.00. The molecule has 1 fully saturated rings. The number of allylic oxidation sites excluding steroid dienone is 2. The van der Waals surface area contributed by atoms with Crippen molar-refractivity contribution < 1.29 is 13.2 Å². The third-order valence-corrected chi connectivity index (χ3v) is 3.42. The topological polar surface area (TPSA) is 38.4 Å². The summed E-state index contributed by atoms with van der Waals surface area (Å²) in [6.07, 6.45) is -0.985. The second-order valence-electron chi connectivity index (χ2n) is 5.07. The Morgan fingerprint density at radius 2 is 1.72 bits per heavy atom. The van der Waals surface area contributed by atoms with Crippen LogP contribution in [0.15, 0.2) is 16.3 Å². The van der Waals surface area contributed by atoms with Gasteiger partial charge in [0.2, 0.25) is 0 Å². The van der Waals surface area contributed by atoms with Crippen LogP contribution < -0.4 is 5.73 Å². The molecule has 0 amide bonds. The maximum Gasteiger partial charge on any atom is 0.431 e. The van der Waals surface area contributed by atoms with E-state index in [1.165, 1.54) is 7.05 Å². The van der Waals surface area contributed by atoms with Gasteiger partial charge in [-0.05, 0) is 24.7 Å². The van der Waals surface area contributed by atoms with E-state index in [0.29, 0.717) is 5.71 Å². The van der Waals surface area contributed by atoms with Gasteiger partial charge in [0.15, 0.2) is 0 Å². The van der Waals surface area contributed by atoms with Gasteiger partial charge in [-0.2, -0.15) is 13.2 Å². The minimum atomic E-state index is -4.47. The Bertz CT molecular complexity index is 348. The average Bonchev–Trinajstić information content (AvgIpc) is 2.75. The van der Waals surface area contributed by atoms with Crippen molar-refractivity contribution in [3.05, 3.63) is 11.3 Å². The van der Waals surface area contributed by atoms with E-state index < -0.39 is 11.9 Å². The maximum absolute atomic E-state index is 12.9. The van der Waals surface area contributed by atoms with Crippen molar-refractivity contribution in [2.24, 2.45) is 22.6 Å². The molecule has 0 radical (unpaired) electrons. The summed E-state index contributed by atoms with van der Waals surface area (Å²) in [5, 5.41) is 0. The first kappa shape index (κ1) is 15.1. The molecule has 0 atom stereocenters. The van der Waals surface area contributed by atoms with Crippen molar-refractivity contribution in [1.82, 2.24) is 0 Å². The van der Waals surface area contributed by atoms with E-state index >= 15 is 0 Å². The van der Waals surface area contributed by atoms with Crippen molar-refractivity contribution in [2.45, 2.75) is 45.7 Å². The molecule has 104 valence electrons. The van der Waals surface area contributed by atoms with Crippen LogP contribution in [0.5, 0.6) is 0 Å². The zero-order chi connectivity index (χ0) is 13.9. The fraction of sp³-hybridized carbons (Fsp3) is 0.769. The highest BCUT2D eigenvalue weighted by atomic mass is 19.4. The number of alkyl halides is 3. The molecule has 1 aliphatic carbocycles. The minimum absolute atomic E-state index is 0.0495. The quantitative estimate of drug-likeness (QED) is 0.774. The molecule has 2 nitrogen and oxygen atoms in total. The van der Waals surface area contributed by atoms with Crippen molar-refractivity contribution in [1.29, 1.82) is 0 Å². The third kappa shape index (κ3) is 3.27. The SMILES string of the molecule is CN=C(C(=C(N)C(F)(F)F)C1CCCC1)C(C)C. The Morgan fingerprint density at radius 3 is 2.06 bits per heavy atom. The van der Waals surface area contributed by atoms with Crippen LogP contribution in [0.3, 0.4) is 0 Å². The minimum Gasteiger partial charge on any atom is -0.394 e. The number of nitrogens with zero attached hydrogens (tertiary/aromatic N) is 1. The monoisotopic (exact) mass is 262 g/mol. The van der Waals surface area contributed by atoms with Gasteiger partial charge < -0.3 is 5.73 Å². The fourth-order valence-electron chi connectivity index (χ4n) is 2.62. The smallest absolute Gasteiger partial charge is 0.394 e. The Kier molecular flexibility index (Phi) is 4.82. The van der Waals surface area contributed by atoms with E-state index in [1.807, 2.05) is 13.8 Å². The molecule has 1 aliphatic rings. The van der Waals surface area contributed by atoms with E-state index in [-0.39, 0.29) is 17.4 Å². The molecule has 1 saturated carbocycles. The van der Waals surface area contributed by atoms with Crippen molar-refractivity contribution >= 4 is 5.71 Å². The zero-order valence-corrected chi connectivity index (χ0v) is 11.1. The third-order valence-electron chi connectivity index (χ3n) is 3.42. The van der Waals surface area contributed by atoms with E-state index in [9.17, 15) is 13.2 Å². The largest absolute Gasteiger partial charge is 0.431 e. The van der Waals surface area contributed by atoms with E-state index in [2.05, 4.69) is 4.99 Å². The van der Waals surface area contributed by atoms with Crippen molar-refractivity contribution in [3.63, 3.8) is 0 Å². The van der Waals surface area contributed by atoms with Gasteiger partial charge in [-0.1, -0.05) is 26.7 Å². The van der Waals surface area contributed by atoms with Gasteiger partial charge in [0.25, 0.3) is 0 Å². The standard InChI is InChI=1S/C13H21F3N2/c1-8(2)11(18-3)10(9-6-4-5-7-9)12(17)13(14,15)16/h8-9H,4-7,17H2,1-3H3. The molecule has 5 heteroatoms. The van der Waals surface area contributed by atoms with Crippen LogP contribution in [-0.2, 0) is 0 Å². The predicted molar refractivity (Wildman–Crippen MR) is 67.4 cm³/mol. The Labute approximate surface area is 106 Å². The Morgan fingerprint density at radius 1 is 1.22 bits per heavy atom. The molecule has 0 aromatic heterocycles. The normalized spacial score (nSPS) is 20.5. The summed E-state index contributed by atoms with van der Waals surface area (Å²) in [5.74, 6) is -0.140. The summed E-state index contributed by atoms with van der Waals surface area (Å²) in [7, 11) is 1.54. The summed E-state index contributed by atoms with van der Waals surface area (Å²) >= 11 is 0. The molecule has 0 bridgehead atoms. The highest BCUT2D eigenvalue weighted by Crippen LogP contribution is 2.37. The number of aliphatic imine (C=N–C) groups is 1. The van der Waals surface area contributed by atoms with E-state index in [0.717, 1.165) is 25.7 Å². The molecular formula is C13H21F3N2. The molecule has 0 aliphatic heterocycles. The molecule has 0 saturated heterocycles. The van der Waals surface area contributed by atoms with E-state index in [1.54, 1.807) is 0 Å². The van der Waals surface area contributed by atoms with Crippen LogP contribution in [0, 0.1) is 11.8 Å². The van der Waals surface area contributed by atoms with Crippen molar-refractivity contribution in [3.8, 4) is 0 Å². The van der Waals surface area contributed by atoms with Crippen LogP contribution in [0.25, 0.3) is 0 Å². The first-order valence-corrected chi connectivity index (χ1v) is 6.32. The molecule has 0 heterocycles. The van der Waals surface area contributed by atoms with E-state index in [4.69, 9.17) is 5.73 Å². The fourth-order valence-corrected chi connectivity index (χ4v) is 2.62. The van der Waals surface area contributed by atoms with Crippen LogP contribution in [0.1, 0.15) is 39.5 Å². The highest BCUT2D eigenvalue weighted by Gasteiger charge is 2.38. The van der Waals surface area contributed by atoms with Crippen LogP contribution in [0.2, 0.25) is 0 Å². The lowest BCUT2D eigenvalue weighted by atomic mass is 9.86. The van der Waals surface area contributed by atoms with Crippen LogP contribution in [-0.4, -0.2) is 18.9 Å². The summed E-state index contributed by atoms with van der Waals surface area (Å²) in [6, 6.07) is 0. The lowest BCUT2D eigenvalue weighted by molar-refractivity contribution is -0.0936. The lowest BCUT2D eigenvalue weighted by Crippen LogP contribution is -2.29. The number of hydrogen-bond acceptors (Lipinski definition) is 2. The van der Waals surface area contributed by atoms with Crippen LogP contribution in [0.4, 0.5) is 13.2 Å². The summed E-state index contributed by atoms with van der Waals surface area (Å²) < 4.78 is 38.6. The number of halogens is 3. The average molecular weight is 262 g/mol. The highest BCUT2D eigenvalue weighted by molar-refractivity contribution is 6.02. The first-order valence-electron chi connectivity index (χ1n) is 6.32. The first-order chi connectivity index (χ1) is 8.29. The Balaban J connectivity index is 3.26. The summed E-state index contributed by atoms with van der Waals surface area (Å²) in [5.41, 5.74) is 5.14. The van der Waals surface area contributed by atoms with Gasteiger partial charge in [0, 0.05) is 18.3 Å². The van der Waals surface area contributed by atoms with Crippen LogP contribution >= 0.6 is 0 Å². The molecule has 2 N–H and O–H groups in total. The molecular weight excluding hydrogens is 241 g/mol. The molecule has 0 aromatic carbocycles. The lowest BCUT2D eigenvalue weighted by Gasteiger charge is -2.23. The number of nitrogens with two attached hydrogens (primary N) is 1. The molecule has 18 heavy (non-hydrogen) atoms. The molecule has 1 rings (SSSR count). The molecule has 0 spiro atoms. The van der Waals surface area contributed by atoms with Gasteiger partial charge in [-0.3, -0.25) is 4.99 Å². The van der Waals surface area contributed by atoms with Gasteiger partial charge in [-0.25, -0.2) is 0 Å². The number of hydrogen-bond donors (Lipinski definition) is 1. The zero-order valence-electron chi connectivity index (χ0n) is 11.1. The maximum atomic E-state index is 12.9. The molecule has 0 unspecified atom stereocenters. The summed E-state index contributed by atoms with van der Waals surface area (Å²) in [6.45, 7) is 3.70. The van der Waals surface area contributed by atoms with Crippen molar-refractivity contribution in [2.75, 3.05) is 7.05 Å². The van der Waals surface area contributed by atoms with Gasteiger partial charge in [0.05, 0.1) is 0 Å². The van der Waals surface area contributed by atoms with Gasteiger partial charge >= 0.3 is 6.18 Å².